The van der Waals surface area contributed by atoms with E-state index in [0.29, 0.717) is 11.1 Å². The van der Waals surface area contributed by atoms with Crippen LogP contribution in [-0.4, -0.2) is 65.3 Å². The number of hydrogen-bond donors (Lipinski definition) is 3. The maximum absolute atomic E-state index is 12.8. The minimum Gasteiger partial charge on any atom is -0.444 e. The number of rotatable bonds is 8. The van der Waals surface area contributed by atoms with E-state index in [9.17, 15) is 28.8 Å². The monoisotopic (exact) mass is 502 g/mol. The zero-order chi connectivity index (χ0) is 27.0. The number of carbonyl (C=O) groups is 6. The maximum Gasteiger partial charge on any atom is 0.407 e. The van der Waals surface area contributed by atoms with Crippen molar-refractivity contribution in [2.75, 3.05) is 13.1 Å². The average Bonchev–Trinajstić information content (AvgIpc) is 2.76. The fraction of sp³-hybridized carbons (Fsp3) is 0.520. The molecule has 0 spiro atoms. The van der Waals surface area contributed by atoms with Crippen LogP contribution in [0.15, 0.2) is 34.9 Å². The van der Waals surface area contributed by atoms with Gasteiger partial charge in [-0.05, 0) is 46.6 Å². The van der Waals surface area contributed by atoms with Crippen LogP contribution in [0, 0.1) is 0 Å². The van der Waals surface area contributed by atoms with E-state index in [-0.39, 0.29) is 44.7 Å². The molecule has 2 aliphatic rings. The third-order valence-corrected chi connectivity index (χ3v) is 5.42. The van der Waals surface area contributed by atoms with Crippen LogP contribution in [0.2, 0.25) is 0 Å². The minimum atomic E-state index is -0.978. The van der Waals surface area contributed by atoms with Gasteiger partial charge >= 0.3 is 6.09 Å². The summed E-state index contributed by atoms with van der Waals surface area (Å²) in [7, 11) is 0. The summed E-state index contributed by atoms with van der Waals surface area (Å²) in [4.78, 5) is 73.4. The second-order valence-corrected chi connectivity index (χ2v) is 9.69. The van der Waals surface area contributed by atoms with Crippen molar-refractivity contribution in [2.24, 2.45) is 0 Å². The molecular formula is C25H34N4O7. The number of amides is 6. The number of hydrogen-bond acceptors (Lipinski definition) is 7. The average molecular weight is 503 g/mol. The Kier molecular flexibility index (Phi) is 9.71. The van der Waals surface area contributed by atoms with Crippen LogP contribution in [0.1, 0.15) is 60.3 Å². The van der Waals surface area contributed by atoms with Gasteiger partial charge in [0.25, 0.3) is 5.91 Å². The lowest BCUT2D eigenvalue weighted by atomic mass is 9.95. The highest BCUT2D eigenvalue weighted by Crippen LogP contribution is 2.25. The Morgan fingerprint density at radius 1 is 1.17 bits per heavy atom. The van der Waals surface area contributed by atoms with E-state index < -0.39 is 41.4 Å². The Balaban J connectivity index is 1.85. The lowest BCUT2D eigenvalue weighted by Gasteiger charge is -2.34. The second-order valence-electron chi connectivity index (χ2n) is 9.69. The highest BCUT2D eigenvalue weighted by atomic mass is 16.6. The molecule has 11 nitrogen and oxygen atoms in total. The second kappa shape index (κ2) is 12.3. The van der Waals surface area contributed by atoms with Crippen molar-refractivity contribution in [3.8, 4) is 0 Å². The predicted octanol–water partition coefficient (Wildman–Crippen LogP) is 1.40. The van der Waals surface area contributed by atoms with Crippen LogP contribution >= 0.6 is 0 Å². The van der Waals surface area contributed by atoms with Crippen LogP contribution in [0.5, 0.6) is 0 Å². The highest BCUT2D eigenvalue weighted by molar-refractivity contribution is 6.12. The predicted molar refractivity (Wildman–Crippen MR) is 130 cm³/mol. The van der Waals surface area contributed by atoms with Crippen molar-refractivity contribution in [2.45, 2.75) is 71.9 Å². The van der Waals surface area contributed by atoms with Gasteiger partial charge in [-0.1, -0.05) is 23.8 Å². The summed E-state index contributed by atoms with van der Waals surface area (Å²) in [6.07, 6.45) is 4.76. The number of nitrogens with one attached hydrogen (secondary N) is 3. The molecular weight excluding hydrogens is 468 g/mol. The van der Waals surface area contributed by atoms with Gasteiger partial charge in [0.1, 0.15) is 11.6 Å². The third kappa shape index (κ3) is 8.47. The van der Waals surface area contributed by atoms with Crippen molar-refractivity contribution in [3.05, 3.63) is 34.9 Å². The molecule has 2 rings (SSSR count). The quantitative estimate of drug-likeness (QED) is 0.335. The summed E-state index contributed by atoms with van der Waals surface area (Å²) in [5, 5.41) is 7.43. The standard InChI is InChI=1S/C25H34N4O7/c1-15(14-27-19(30)11-12-26-24(35)36-25(3,4)5)7-6-8-17-13-21(32)29(23(34)16(17)2)18-9-10-20(31)28-22(18)33/h6-8,18H,9-14H2,1-5H3,(H,26,35)(H,27,30)(H,28,31,33)/b8-6-,15-7+. The molecule has 11 heteroatoms. The molecule has 1 unspecified atom stereocenters. The molecule has 0 bridgehead atoms. The van der Waals surface area contributed by atoms with Gasteiger partial charge in [0.05, 0.1) is 6.42 Å². The van der Waals surface area contributed by atoms with Gasteiger partial charge in [0.2, 0.25) is 23.6 Å². The number of alkyl carbamates (subject to hydrolysis) is 1. The molecule has 0 radical (unpaired) electrons. The Morgan fingerprint density at radius 3 is 2.50 bits per heavy atom. The first kappa shape index (κ1) is 28.5. The summed E-state index contributed by atoms with van der Waals surface area (Å²) in [6, 6.07) is -0.978. The van der Waals surface area contributed by atoms with Crippen molar-refractivity contribution < 1.29 is 33.5 Å². The fourth-order valence-electron chi connectivity index (χ4n) is 3.55. The molecule has 36 heavy (non-hydrogen) atoms. The van der Waals surface area contributed by atoms with Crippen molar-refractivity contribution in [1.29, 1.82) is 0 Å². The van der Waals surface area contributed by atoms with Crippen LogP contribution in [0.4, 0.5) is 4.79 Å². The van der Waals surface area contributed by atoms with E-state index in [1.54, 1.807) is 45.9 Å². The van der Waals surface area contributed by atoms with E-state index in [1.165, 1.54) is 0 Å². The minimum absolute atomic E-state index is 0.0416. The van der Waals surface area contributed by atoms with Gasteiger partial charge in [-0.25, -0.2) is 4.79 Å². The van der Waals surface area contributed by atoms with E-state index in [1.807, 2.05) is 6.92 Å². The van der Waals surface area contributed by atoms with Crippen molar-refractivity contribution >= 4 is 35.6 Å². The maximum atomic E-state index is 12.8. The number of imide groups is 2. The molecule has 6 amide bonds. The van der Waals surface area contributed by atoms with E-state index in [0.717, 1.165) is 10.5 Å². The Bertz CT molecular complexity index is 1030. The zero-order valence-electron chi connectivity index (χ0n) is 21.4. The molecule has 0 saturated carbocycles. The number of nitrogens with zero attached hydrogens (tertiary/aromatic N) is 1. The van der Waals surface area contributed by atoms with E-state index in [2.05, 4.69) is 16.0 Å². The van der Waals surface area contributed by atoms with Gasteiger partial charge in [0, 0.05) is 31.5 Å². The van der Waals surface area contributed by atoms with Crippen LogP contribution in [0.3, 0.4) is 0 Å². The van der Waals surface area contributed by atoms with Gasteiger partial charge in [0.15, 0.2) is 0 Å². The number of piperidine rings is 1. The molecule has 1 saturated heterocycles. The molecule has 0 aromatic rings. The Morgan fingerprint density at radius 2 is 1.86 bits per heavy atom. The normalized spacial score (nSPS) is 19.5. The van der Waals surface area contributed by atoms with Crippen LogP contribution < -0.4 is 16.0 Å². The molecule has 1 atom stereocenters. The van der Waals surface area contributed by atoms with E-state index in [4.69, 9.17) is 4.74 Å². The van der Waals surface area contributed by atoms with Gasteiger partial charge in [-0.2, -0.15) is 0 Å². The molecule has 1 fully saturated rings. The summed E-state index contributed by atoms with van der Waals surface area (Å²) in [5.41, 5.74) is 1.11. The highest BCUT2D eigenvalue weighted by Gasteiger charge is 2.41. The third-order valence-electron chi connectivity index (χ3n) is 5.42. The molecule has 0 aliphatic carbocycles. The first-order valence-corrected chi connectivity index (χ1v) is 11.8. The smallest absolute Gasteiger partial charge is 0.407 e. The van der Waals surface area contributed by atoms with E-state index >= 15 is 0 Å². The van der Waals surface area contributed by atoms with Crippen molar-refractivity contribution in [1.82, 2.24) is 20.9 Å². The zero-order valence-corrected chi connectivity index (χ0v) is 21.4. The largest absolute Gasteiger partial charge is 0.444 e. The van der Waals surface area contributed by atoms with Gasteiger partial charge in [-0.3, -0.25) is 34.2 Å². The van der Waals surface area contributed by atoms with Crippen LogP contribution in [0.25, 0.3) is 0 Å². The number of allylic oxidation sites excluding steroid dienone is 3. The lowest BCUT2D eigenvalue weighted by molar-refractivity contribution is -0.153. The number of carbonyl (C=O) groups excluding carboxylic acids is 6. The number of ether oxygens (including phenoxy) is 1. The molecule has 2 heterocycles. The van der Waals surface area contributed by atoms with Gasteiger partial charge < -0.3 is 15.4 Å². The first-order chi connectivity index (χ1) is 16.8. The SMILES string of the molecule is CC1=C(/C=C\C=C(/C)CNC(=O)CCNC(=O)OC(C)(C)C)CC(=O)N(C2CCC(=O)NC2=O)C1=O. The summed E-state index contributed by atoms with van der Waals surface area (Å²) in [5.74, 6) is -2.33. The van der Waals surface area contributed by atoms with Crippen LogP contribution in [-0.2, 0) is 28.7 Å². The molecule has 0 aromatic carbocycles. The summed E-state index contributed by atoms with van der Waals surface area (Å²) >= 11 is 0. The molecule has 0 aromatic heterocycles. The lowest BCUT2D eigenvalue weighted by Crippen LogP contribution is -2.57. The molecule has 3 N–H and O–H groups in total. The summed E-state index contributed by atoms with van der Waals surface area (Å²) in [6.45, 7) is 9.09. The topological polar surface area (TPSA) is 151 Å². The van der Waals surface area contributed by atoms with Crippen molar-refractivity contribution in [3.63, 3.8) is 0 Å². The van der Waals surface area contributed by atoms with Gasteiger partial charge in [-0.15, -0.1) is 0 Å². The Labute approximate surface area is 210 Å². The molecule has 2 aliphatic heterocycles. The molecule has 196 valence electrons. The first-order valence-electron chi connectivity index (χ1n) is 11.8. The fourth-order valence-corrected chi connectivity index (χ4v) is 3.55. The summed E-state index contributed by atoms with van der Waals surface area (Å²) < 4.78 is 5.10. The Hall–Kier alpha value is -3.76.